The number of hydrogen-bond donors (Lipinski definition) is 1. The third-order valence-electron chi connectivity index (χ3n) is 3.32. The van der Waals surface area contributed by atoms with Gasteiger partial charge in [-0.3, -0.25) is 9.59 Å². The Morgan fingerprint density at radius 2 is 2.05 bits per heavy atom. The van der Waals surface area contributed by atoms with Crippen molar-refractivity contribution in [3.8, 4) is 11.5 Å². The van der Waals surface area contributed by atoms with Gasteiger partial charge in [0.1, 0.15) is 19.8 Å². The zero-order valence-electron chi connectivity index (χ0n) is 10.2. The Morgan fingerprint density at radius 1 is 1.32 bits per heavy atom. The second kappa shape index (κ2) is 4.46. The van der Waals surface area contributed by atoms with Crippen LogP contribution in [0.15, 0.2) is 18.2 Å². The zero-order valence-corrected chi connectivity index (χ0v) is 10.2. The van der Waals surface area contributed by atoms with E-state index in [9.17, 15) is 9.59 Å². The molecular weight excluding hydrogens is 250 g/mol. The van der Waals surface area contributed by atoms with Gasteiger partial charge in [0.2, 0.25) is 5.91 Å². The van der Waals surface area contributed by atoms with Crippen molar-refractivity contribution in [1.82, 2.24) is 4.90 Å². The van der Waals surface area contributed by atoms with Gasteiger partial charge in [0.25, 0.3) is 0 Å². The minimum absolute atomic E-state index is 0.137. The Labute approximate surface area is 109 Å². The summed E-state index contributed by atoms with van der Waals surface area (Å²) in [5.74, 6) is 0.196. The molecule has 6 nitrogen and oxygen atoms in total. The molecule has 1 amide bonds. The van der Waals surface area contributed by atoms with Crippen LogP contribution >= 0.6 is 0 Å². The average Bonchev–Trinajstić information content (AvgIpc) is 2.41. The fraction of sp³-hybridized carbons (Fsp3) is 0.385. The van der Waals surface area contributed by atoms with Gasteiger partial charge in [-0.05, 0) is 17.7 Å². The Balaban J connectivity index is 1.82. The summed E-state index contributed by atoms with van der Waals surface area (Å²) in [6.45, 7) is 0.760. The molecule has 1 fully saturated rings. The van der Waals surface area contributed by atoms with E-state index in [1.165, 1.54) is 4.90 Å². The number of amides is 1. The van der Waals surface area contributed by atoms with Crippen LogP contribution in [-0.2, 0) is 9.59 Å². The van der Waals surface area contributed by atoms with Crippen LogP contribution in [0.25, 0.3) is 0 Å². The van der Waals surface area contributed by atoms with Gasteiger partial charge in [0.05, 0.1) is 12.5 Å². The maximum Gasteiger partial charge on any atom is 0.323 e. The summed E-state index contributed by atoms with van der Waals surface area (Å²) >= 11 is 0. The molecule has 1 saturated heterocycles. The van der Waals surface area contributed by atoms with Gasteiger partial charge in [-0.25, -0.2) is 0 Å². The van der Waals surface area contributed by atoms with Gasteiger partial charge >= 0.3 is 5.97 Å². The lowest BCUT2D eigenvalue weighted by molar-refractivity contribution is -0.155. The summed E-state index contributed by atoms with van der Waals surface area (Å²) in [5.41, 5.74) is 0.880. The van der Waals surface area contributed by atoms with Crippen molar-refractivity contribution in [2.75, 3.05) is 19.8 Å². The first-order chi connectivity index (χ1) is 9.15. The number of fused-ring (bicyclic) bond motifs is 1. The summed E-state index contributed by atoms with van der Waals surface area (Å²) in [7, 11) is 0. The van der Waals surface area contributed by atoms with Gasteiger partial charge < -0.3 is 19.5 Å². The Hall–Kier alpha value is -2.24. The predicted octanol–water partition coefficient (Wildman–Crippen LogP) is 0.816. The van der Waals surface area contributed by atoms with E-state index in [4.69, 9.17) is 14.6 Å². The maximum atomic E-state index is 11.4. The number of benzene rings is 1. The lowest BCUT2D eigenvalue weighted by atomic mass is 9.93. The minimum atomic E-state index is -1.00. The molecule has 1 atom stereocenters. The Kier molecular flexibility index (Phi) is 2.77. The number of aliphatic carboxylic acids is 1. The zero-order chi connectivity index (χ0) is 13.4. The monoisotopic (exact) mass is 263 g/mol. The molecule has 2 aliphatic heterocycles. The third kappa shape index (κ3) is 2.09. The van der Waals surface area contributed by atoms with Crippen LogP contribution in [0.5, 0.6) is 11.5 Å². The topological polar surface area (TPSA) is 76.1 Å². The molecule has 100 valence electrons. The van der Waals surface area contributed by atoms with Crippen molar-refractivity contribution in [2.45, 2.75) is 12.5 Å². The molecule has 1 aromatic carbocycles. The van der Waals surface area contributed by atoms with E-state index in [0.29, 0.717) is 31.1 Å². The normalized spacial score (nSPS) is 20.9. The summed E-state index contributed by atoms with van der Waals surface area (Å²) in [5, 5.41) is 8.78. The van der Waals surface area contributed by atoms with Crippen LogP contribution in [0.3, 0.4) is 0 Å². The van der Waals surface area contributed by atoms with Crippen LogP contribution in [0.4, 0.5) is 0 Å². The summed E-state index contributed by atoms with van der Waals surface area (Å²) < 4.78 is 10.9. The summed E-state index contributed by atoms with van der Waals surface area (Å²) in [4.78, 5) is 23.5. The number of likely N-dealkylation sites (tertiary alicyclic amines) is 1. The van der Waals surface area contributed by atoms with Gasteiger partial charge in [-0.2, -0.15) is 0 Å². The molecule has 0 aliphatic carbocycles. The van der Waals surface area contributed by atoms with E-state index in [1.54, 1.807) is 6.07 Å². The van der Waals surface area contributed by atoms with Gasteiger partial charge in [0.15, 0.2) is 11.5 Å². The number of carboxylic acid groups (broad SMARTS) is 1. The highest BCUT2D eigenvalue weighted by Gasteiger charge is 2.38. The fourth-order valence-corrected chi connectivity index (χ4v) is 2.36. The number of β-lactam (4-membered cyclic amide) rings is 1. The molecule has 2 aliphatic rings. The third-order valence-corrected chi connectivity index (χ3v) is 3.32. The Morgan fingerprint density at radius 3 is 2.74 bits per heavy atom. The maximum absolute atomic E-state index is 11.4. The van der Waals surface area contributed by atoms with Crippen LogP contribution in [0.2, 0.25) is 0 Å². The molecule has 6 heteroatoms. The highest BCUT2D eigenvalue weighted by molar-refractivity contribution is 5.87. The van der Waals surface area contributed by atoms with E-state index >= 15 is 0 Å². The van der Waals surface area contributed by atoms with Crippen molar-refractivity contribution in [2.24, 2.45) is 0 Å². The van der Waals surface area contributed by atoms with E-state index in [2.05, 4.69) is 0 Å². The van der Waals surface area contributed by atoms with Crippen LogP contribution in [0.1, 0.15) is 18.0 Å². The molecule has 0 radical (unpaired) electrons. The van der Waals surface area contributed by atoms with Crippen LogP contribution in [0, 0.1) is 0 Å². The van der Waals surface area contributed by atoms with Crippen molar-refractivity contribution in [3.63, 3.8) is 0 Å². The van der Waals surface area contributed by atoms with Crippen molar-refractivity contribution in [1.29, 1.82) is 0 Å². The minimum Gasteiger partial charge on any atom is -0.486 e. The quantitative estimate of drug-likeness (QED) is 0.817. The number of ether oxygens (including phenoxy) is 2. The van der Waals surface area contributed by atoms with E-state index < -0.39 is 5.97 Å². The Bertz CT molecular complexity index is 542. The van der Waals surface area contributed by atoms with Crippen LogP contribution in [-0.4, -0.2) is 41.6 Å². The second-order valence-corrected chi connectivity index (χ2v) is 4.54. The van der Waals surface area contributed by atoms with Gasteiger partial charge in [0, 0.05) is 0 Å². The van der Waals surface area contributed by atoms with E-state index in [-0.39, 0.29) is 18.5 Å². The standard InChI is InChI=1S/C13H13NO5/c15-12-6-9(14(12)7-13(16)17)8-1-2-10-11(5-8)19-4-3-18-10/h1-2,5,9H,3-4,6-7H2,(H,16,17). The molecule has 3 rings (SSSR count). The number of nitrogens with zero attached hydrogens (tertiary/aromatic N) is 1. The fourth-order valence-electron chi connectivity index (χ4n) is 2.36. The first-order valence-electron chi connectivity index (χ1n) is 6.06. The van der Waals surface area contributed by atoms with E-state index in [0.717, 1.165) is 5.56 Å². The summed E-state index contributed by atoms with van der Waals surface area (Å²) in [6, 6.07) is 5.28. The smallest absolute Gasteiger partial charge is 0.323 e. The van der Waals surface area contributed by atoms with Crippen molar-refractivity contribution < 1.29 is 24.2 Å². The average molecular weight is 263 g/mol. The molecule has 1 unspecified atom stereocenters. The number of carbonyl (C=O) groups is 2. The molecule has 1 aromatic rings. The highest BCUT2D eigenvalue weighted by atomic mass is 16.6. The highest BCUT2D eigenvalue weighted by Crippen LogP contribution is 2.39. The molecule has 1 N–H and O–H groups in total. The lowest BCUT2D eigenvalue weighted by Crippen LogP contribution is -2.48. The molecular formula is C13H13NO5. The number of carbonyl (C=O) groups excluding carboxylic acids is 1. The molecule has 0 bridgehead atoms. The van der Waals surface area contributed by atoms with Gasteiger partial charge in [-0.15, -0.1) is 0 Å². The van der Waals surface area contributed by atoms with Crippen molar-refractivity contribution >= 4 is 11.9 Å². The SMILES string of the molecule is O=C(O)CN1C(=O)CC1c1ccc2c(c1)OCCO2. The second-order valence-electron chi connectivity index (χ2n) is 4.54. The molecule has 0 spiro atoms. The summed E-state index contributed by atoms with van der Waals surface area (Å²) in [6.07, 6.45) is 0.340. The van der Waals surface area contributed by atoms with Crippen LogP contribution < -0.4 is 9.47 Å². The molecule has 0 aromatic heterocycles. The van der Waals surface area contributed by atoms with E-state index in [1.807, 2.05) is 12.1 Å². The number of carboxylic acids is 1. The first-order valence-corrected chi connectivity index (χ1v) is 6.06. The van der Waals surface area contributed by atoms with Gasteiger partial charge in [-0.1, -0.05) is 6.07 Å². The molecule has 19 heavy (non-hydrogen) atoms. The van der Waals surface area contributed by atoms with Crippen molar-refractivity contribution in [3.05, 3.63) is 23.8 Å². The number of rotatable bonds is 3. The number of hydrogen-bond acceptors (Lipinski definition) is 4. The predicted molar refractivity (Wildman–Crippen MR) is 64.1 cm³/mol. The first kappa shape index (κ1) is 11.8. The lowest BCUT2D eigenvalue weighted by Gasteiger charge is -2.39. The molecule has 2 heterocycles. The molecule has 0 saturated carbocycles. The largest absolute Gasteiger partial charge is 0.486 e.